The van der Waals surface area contributed by atoms with Gasteiger partial charge < -0.3 is 4.90 Å². The summed E-state index contributed by atoms with van der Waals surface area (Å²) >= 11 is 0. The molecule has 0 bridgehead atoms. The van der Waals surface area contributed by atoms with Gasteiger partial charge in [-0.25, -0.2) is 12.8 Å². The predicted molar refractivity (Wildman–Crippen MR) is 99.9 cm³/mol. The number of amides is 1. The van der Waals surface area contributed by atoms with Gasteiger partial charge in [0.15, 0.2) is 0 Å². The summed E-state index contributed by atoms with van der Waals surface area (Å²) in [5.74, 6) is -0.0327. The van der Waals surface area contributed by atoms with Gasteiger partial charge in [0.05, 0.1) is 0 Å². The summed E-state index contributed by atoms with van der Waals surface area (Å²) in [6.07, 6.45) is 4.42. The van der Waals surface area contributed by atoms with Crippen LogP contribution in [-0.4, -0.2) is 48.7 Å². The molecule has 2 atom stereocenters. The van der Waals surface area contributed by atoms with E-state index in [0.717, 1.165) is 25.7 Å². The van der Waals surface area contributed by atoms with Gasteiger partial charge in [-0.1, -0.05) is 19.1 Å². The van der Waals surface area contributed by atoms with Crippen molar-refractivity contribution in [3.05, 3.63) is 30.1 Å². The molecule has 148 valence electrons. The average molecular weight is 395 g/mol. The standard InChI is InChI=1S/C20H27FN2O3S/c1-14-7-8-15(2)23(19(24)9-14)16-10-20(11-16)12-22(13-20)27(25,26)18-6-4-3-5-17(18)21/h3-6,14-16H,7-13H2,1-2H3/t14-,15+/m1/s1. The highest BCUT2D eigenvalue weighted by Crippen LogP contribution is 2.52. The summed E-state index contributed by atoms with van der Waals surface area (Å²) < 4.78 is 40.6. The van der Waals surface area contributed by atoms with Crippen LogP contribution in [-0.2, 0) is 14.8 Å². The van der Waals surface area contributed by atoms with Crippen LogP contribution in [0.25, 0.3) is 0 Å². The first-order valence-electron chi connectivity index (χ1n) is 9.78. The van der Waals surface area contributed by atoms with Crippen molar-refractivity contribution in [3.8, 4) is 0 Å². The Kier molecular flexibility index (Phi) is 4.58. The Hall–Kier alpha value is -1.47. The number of nitrogens with zero attached hydrogens (tertiary/aromatic N) is 2. The van der Waals surface area contributed by atoms with E-state index in [0.29, 0.717) is 25.4 Å². The Morgan fingerprint density at radius 2 is 1.78 bits per heavy atom. The minimum atomic E-state index is -3.78. The number of benzene rings is 1. The average Bonchev–Trinajstić information content (AvgIpc) is 2.64. The van der Waals surface area contributed by atoms with Crippen LogP contribution in [0.4, 0.5) is 4.39 Å². The normalized spacial score (nSPS) is 29.3. The molecular formula is C20H27FN2O3S. The third-order valence-corrected chi connectivity index (χ3v) is 8.40. The van der Waals surface area contributed by atoms with Gasteiger partial charge in [0, 0.05) is 37.0 Å². The number of sulfonamides is 1. The molecule has 0 N–H and O–H groups in total. The second kappa shape index (κ2) is 6.55. The minimum Gasteiger partial charge on any atom is -0.337 e. The maximum absolute atomic E-state index is 13.9. The van der Waals surface area contributed by atoms with Crippen molar-refractivity contribution in [3.63, 3.8) is 0 Å². The molecule has 0 aromatic heterocycles. The molecule has 1 aliphatic carbocycles. The van der Waals surface area contributed by atoms with Crippen LogP contribution >= 0.6 is 0 Å². The number of carbonyl (C=O) groups is 1. The molecule has 1 aromatic carbocycles. The van der Waals surface area contributed by atoms with Crippen molar-refractivity contribution in [2.24, 2.45) is 11.3 Å². The molecule has 27 heavy (non-hydrogen) atoms. The zero-order valence-electron chi connectivity index (χ0n) is 15.9. The molecule has 7 heteroatoms. The number of likely N-dealkylation sites (tertiary alicyclic amines) is 1. The monoisotopic (exact) mass is 394 g/mol. The Morgan fingerprint density at radius 3 is 2.44 bits per heavy atom. The topological polar surface area (TPSA) is 57.7 Å². The number of hydrogen-bond acceptors (Lipinski definition) is 3. The van der Waals surface area contributed by atoms with E-state index in [4.69, 9.17) is 0 Å². The highest BCUT2D eigenvalue weighted by Gasteiger charge is 2.58. The van der Waals surface area contributed by atoms with Crippen LogP contribution in [0.5, 0.6) is 0 Å². The molecule has 2 aliphatic heterocycles. The van der Waals surface area contributed by atoms with Crippen LogP contribution in [0, 0.1) is 17.2 Å². The third kappa shape index (κ3) is 3.18. The van der Waals surface area contributed by atoms with Gasteiger partial charge in [-0.15, -0.1) is 0 Å². The molecular weight excluding hydrogens is 367 g/mol. The Balaban J connectivity index is 1.40. The van der Waals surface area contributed by atoms with Gasteiger partial charge >= 0.3 is 0 Å². The summed E-state index contributed by atoms with van der Waals surface area (Å²) in [5, 5.41) is 0. The summed E-state index contributed by atoms with van der Waals surface area (Å²) in [5.41, 5.74) is -0.0408. The summed E-state index contributed by atoms with van der Waals surface area (Å²) in [4.78, 5) is 14.4. The maximum atomic E-state index is 13.9. The fourth-order valence-corrected chi connectivity index (χ4v) is 6.77. The lowest BCUT2D eigenvalue weighted by Gasteiger charge is -2.60. The van der Waals surface area contributed by atoms with Crippen LogP contribution < -0.4 is 0 Å². The molecule has 3 fully saturated rings. The van der Waals surface area contributed by atoms with Crippen LogP contribution in [0.15, 0.2) is 29.2 Å². The van der Waals surface area contributed by atoms with Crippen molar-refractivity contribution in [1.29, 1.82) is 0 Å². The fraction of sp³-hybridized carbons (Fsp3) is 0.650. The number of rotatable bonds is 3. The second-order valence-corrected chi connectivity index (χ2v) is 10.7. The minimum absolute atomic E-state index is 0.0408. The lowest BCUT2D eigenvalue weighted by Crippen LogP contribution is -2.68. The predicted octanol–water partition coefficient (Wildman–Crippen LogP) is 3.02. The highest BCUT2D eigenvalue weighted by molar-refractivity contribution is 7.89. The Labute approximate surface area is 160 Å². The van der Waals surface area contributed by atoms with Gasteiger partial charge in [0.1, 0.15) is 10.7 Å². The SMILES string of the molecule is C[C@@H]1CC[C@H](C)N(C2CC3(C2)CN(S(=O)(=O)c2ccccc2F)C3)C(=O)C1. The lowest BCUT2D eigenvalue weighted by molar-refractivity contribution is -0.147. The van der Waals surface area contributed by atoms with Gasteiger partial charge in [-0.3, -0.25) is 4.79 Å². The molecule has 2 saturated heterocycles. The largest absolute Gasteiger partial charge is 0.337 e. The second-order valence-electron chi connectivity index (χ2n) is 8.80. The van der Waals surface area contributed by atoms with Gasteiger partial charge in [-0.05, 0) is 50.7 Å². The third-order valence-electron chi connectivity index (χ3n) is 6.57. The van der Waals surface area contributed by atoms with Crippen LogP contribution in [0.3, 0.4) is 0 Å². The molecule has 0 radical (unpaired) electrons. The molecule has 4 rings (SSSR count). The number of hydrogen-bond donors (Lipinski definition) is 0. The van der Waals surface area contributed by atoms with Crippen molar-refractivity contribution < 1.29 is 17.6 Å². The summed E-state index contributed by atoms with van der Waals surface area (Å²) in [7, 11) is -3.78. The van der Waals surface area contributed by atoms with E-state index in [1.165, 1.54) is 28.6 Å². The van der Waals surface area contributed by atoms with E-state index in [9.17, 15) is 17.6 Å². The van der Waals surface area contributed by atoms with Crippen LogP contribution in [0.1, 0.15) is 46.0 Å². The highest BCUT2D eigenvalue weighted by atomic mass is 32.2. The number of halogens is 1. The molecule has 1 saturated carbocycles. The molecule has 1 amide bonds. The van der Waals surface area contributed by atoms with E-state index >= 15 is 0 Å². The van der Waals surface area contributed by atoms with Crippen molar-refractivity contribution in [2.45, 2.75) is 62.9 Å². The van der Waals surface area contributed by atoms with Gasteiger partial charge in [-0.2, -0.15) is 4.31 Å². The molecule has 0 unspecified atom stereocenters. The van der Waals surface area contributed by atoms with Crippen molar-refractivity contribution in [1.82, 2.24) is 9.21 Å². The molecule has 5 nitrogen and oxygen atoms in total. The maximum Gasteiger partial charge on any atom is 0.246 e. The lowest BCUT2D eigenvalue weighted by atomic mass is 9.61. The smallest absolute Gasteiger partial charge is 0.246 e. The Bertz CT molecular complexity index is 843. The Morgan fingerprint density at radius 1 is 1.11 bits per heavy atom. The first-order valence-corrected chi connectivity index (χ1v) is 11.2. The fourth-order valence-electron chi connectivity index (χ4n) is 5.04. The van der Waals surface area contributed by atoms with Crippen LogP contribution in [0.2, 0.25) is 0 Å². The quantitative estimate of drug-likeness (QED) is 0.792. The summed E-state index contributed by atoms with van der Waals surface area (Å²) in [6.45, 7) is 5.10. The molecule has 1 spiro atoms. The van der Waals surface area contributed by atoms with Gasteiger partial charge in [0.2, 0.25) is 15.9 Å². The number of carbonyl (C=O) groups excluding carboxylic acids is 1. The molecule has 1 aromatic rings. The molecule has 3 aliphatic rings. The first kappa shape index (κ1) is 18.9. The summed E-state index contributed by atoms with van der Waals surface area (Å²) in [6, 6.07) is 5.99. The van der Waals surface area contributed by atoms with Crippen molar-refractivity contribution >= 4 is 15.9 Å². The van der Waals surface area contributed by atoms with Gasteiger partial charge in [0.25, 0.3) is 0 Å². The first-order chi connectivity index (χ1) is 12.7. The van der Waals surface area contributed by atoms with E-state index in [-0.39, 0.29) is 28.3 Å². The van der Waals surface area contributed by atoms with E-state index in [2.05, 4.69) is 18.7 Å². The zero-order chi connectivity index (χ0) is 19.4. The van der Waals surface area contributed by atoms with Crippen molar-refractivity contribution in [2.75, 3.05) is 13.1 Å². The van der Waals surface area contributed by atoms with E-state index in [1.807, 2.05) is 0 Å². The van der Waals surface area contributed by atoms with E-state index < -0.39 is 15.8 Å². The zero-order valence-corrected chi connectivity index (χ0v) is 16.7. The van der Waals surface area contributed by atoms with E-state index in [1.54, 1.807) is 0 Å². The molecule has 2 heterocycles.